The minimum Gasteiger partial charge on any atom is -0.456 e. The Balaban J connectivity index is -0.000001000. The zero-order valence-corrected chi connectivity index (χ0v) is 18.2. The van der Waals surface area contributed by atoms with Crippen LogP contribution in [0.2, 0.25) is 5.15 Å². The SMILES string of the molecule is CC(C)(C)OC(=O)c1ccc(-n2cc[c-]n2)nc1Cl.[CH3-].[CH3-].[CH3-].[Ce+4]. The molecule has 7 heteroatoms. The van der Waals surface area contributed by atoms with Gasteiger partial charge < -0.3 is 36.8 Å². The van der Waals surface area contributed by atoms with Crippen LogP contribution in [0.4, 0.5) is 0 Å². The number of aromatic nitrogens is 3. The van der Waals surface area contributed by atoms with Gasteiger partial charge in [-0.25, -0.2) is 9.78 Å². The quantitative estimate of drug-likeness (QED) is 0.383. The van der Waals surface area contributed by atoms with Crippen molar-refractivity contribution in [1.29, 1.82) is 0 Å². The fourth-order valence-corrected chi connectivity index (χ4v) is 1.62. The number of carbonyl (C=O) groups is 1. The Morgan fingerprint density at radius 1 is 1.26 bits per heavy atom. The summed E-state index contributed by atoms with van der Waals surface area (Å²) in [6.07, 6.45) is 4.34. The second-order valence-corrected chi connectivity index (χ2v) is 5.26. The number of hydrogen-bond donors (Lipinski definition) is 0. The largest absolute Gasteiger partial charge is 4.00 e. The van der Waals surface area contributed by atoms with Crippen molar-refractivity contribution in [3.05, 3.63) is 63.6 Å². The molecule has 23 heavy (non-hydrogen) atoms. The Morgan fingerprint density at radius 2 is 1.87 bits per heavy atom. The predicted molar refractivity (Wildman–Crippen MR) is 89.6 cm³/mol. The van der Waals surface area contributed by atoms with E-state index in [2.05, 4.69) is 16.3 Å². The number of esters is 1. The molecule has 0 saturated carbocycles. The number of hydrogen-bond acceptors (Lipinski definition) is 4. The molecule has 0 radical (unpaired) electrons. The monoisotopic (exact) mass is 463 g/mol. The fraction of sp³-hybridized carbons (Fsp3) is 0.250. The molecule has 0 fully saturated rings. The molecule has 2 heterocycles. The maximum atomic E-state index is 11.9. The van der Waals surface area contributed by atoms with Crippen molar-refractivity contribution in [3.8, 4) is 5.82 Å². The van der Waals surface area contributed by atoms with E-state index in [1.165, 1.54) is 4.68 Å². The van der Waals surface area contributed by atoms with E-state index >= 15 is 0 Å². The van der Waals surface area contributed by atoms with Crippen LogP contribution >= 0.6 is 11.6 Å². The van der Waals surface area contributed by atoms with Gasteiger partial charge in [-0.3, -0.25) is 0 Å². The van der Waals surface area contributed by atoms with Gasteiger partial charge in [-0.15, -0.1) is 12.4 Å². The molecule has 124 valence electrons. The van der Waals surface area contributed by atoms with Gasteiger partial charge in [0.05, 0.1) is 5.56 Å². The first-order chi connectivity index (χ1) is 8.87. The summed E-state index contributed by atoms with van der Waals surface area (Å²) >= 11 is 6.01. The summed E-state index contributed by atoms with van der Waals surface area (Å²) in [6.45, 7) is 5.38. The maximum Gasteiger partial charge on any atom is 4.00 e. The fourth-order valence-electron chi connectivity index (χ4n) is 1.40. The average molecular weight is 464 g/mol. The van der Waals surface area contributed by atoms with Crippen LogP contribution in [-0.4, -0.2) is 26.3 Å². The van der Waals surface area contributed by atoms with E-state index < -0.39 is 11.6 Å². The van der Waals surface area contributed by atoms with Gasteiger partial charge in [-0.05, 0) is 32.9 Å². The second kappa shape index (κ2) is 11.1. The van der Waals surface area contributed by atoms with E-state index in [4.69, 9.17) is 16.3 Å². The van der Waals surface area contributed by atoms with Gasteiger partial charge in [-0.2, -0.15) is 6.07 Å². The standard InChI is InChI=1S/C13H13ClN3O2.3CH3.Ce/c1-13(2,3)19-12(18)9-5-6-10(16-11(9)14)17-8-4-7-15-17;;;;/h4-6,8H,1-3H3;3*1H3;/q4*-1;+4. The number of rotatable bonds is 2. The molecule has 0 N–H and O–H groups in total. The molecule has 0 aromatic carbocycles. The molecular formula is C16H22CeClN3O2. The molecule has 0 aliphatic heterocycles. The molecule has 0 spiro atoms. The van der Waals surface area contributed by atoms with Crippen LogP contribution in [0.3, 0.4) is 0 Å². The summed E-state index contributed by atoms with van der Waals surface area (Å²) < 4.78 is 6.75. The number of nitrogens with zero attached hydrogens (tertiary/aromatic N) is 3. The van der Waals surface area contributed by atoms with Crippen molar-refractivity contribution in [2.45, 2.75) is 26.4 Å². The topological polar surface area (TPSA) is 57.0 Å². The number of carbonyl (C=O) groups excluding carboxylic acids is 1. The molecule has 2 rings (SSSR count). The molecule has 0 aliphatic rings. The molecule has 0 saturated heterocycles. The summed E-state index contributed by atoms with van der Waals surface area (Å²) in [5.74, 6) is 0.0159. The van der Waals surface area contributed by atoms with Gasteiger partial charge in [0.15, 0.2) is 0 Å². The minimum atomic E-state index is -0.573. The van der Waals surface area contributed by atoms with Gasteiger partial charge in [-0.1, -0.05) is 11.6 Å². The summed E-state index contributed by atoms with van der Waals surface area (Å²) in [5, 5.41) is 4.00. The van der Waals surface area contributed by atoms with Crippen LogP contribution in [0.15, 0.2) is 24.4 Å². The molecule has 0 atom stereocenters. The van der Waals surface area contributed by atoms with Crippen molar-refractivity contribution in [3.63, 3.8) is 0 Å². The predicted octanol–water partition coefficient (Wildman–Crippen LogP) is 4.03. The van der Waals surface area contributed by atoms with E-state index in [9.17, 15) is 4.79 Å². The molecule has 2 aromatic heterocycles. The Morgan fingerprint density at radius 3 is 2.30 bits per heavy atom. The van der Waals surface area contributed by atoms with E-state index in [-0.39, 0.29) is 74.7 Å². The molecule has 2 aromatic rings. The summed E-state index contributed by atoms with van der Waals surface area (Å²) in [6, 6.07) is 4.86. The molecule has 0 amide bonds. The van der Waals surface area contributed by atoms with Crippen molar-refractivity contribution in [1.82, 2.24) is 14.8 Å². The van der Waals surface area contributed by atoms with E-state index in [1.54, 1.807) is 45.2 Å². The molecule has 5 nitrogen and oxygen atoms in total. The summed E-state index contributed by atoms with van der Waals surface area (Å²) in [5.41, 5.74) is -0.341. The van der Waals surface area contributed by atoms with E-state index in [0.717, 1.165) is 0 Å². The molecule has 0 unspecified atom stereocenters. The minimum absolute atomic E-state index is 0. The Kier molecular flexibility index (Phi) is 13.2. The van der Waals surface area contributed by atoms with Crippen molar-refractivity contribution in [2.24, 2.45) is 0 Å². The van der Waals surface area contributed by atoms with Gasteiger partial charge >= 0.3 is 47.7 Å². The van der Waals surface area contributed by atoms with Crippen LogP contribution < -0.4 is 0 Å². The number of halogens is 1. The zero-order valence-electron chi connectivity index (χ0n) is 14.3. The van der Waals surface area contributed by atoms with Crippen molar-refractivity contribution < 1.29 is 51.3 Å². The van der Waals surface area contributed by atoms with Crippen LogP contribution in [0.1, 0.15) is 31.1 Å². The summed E-state index contributed by atoms with van der Waals surface area (Å²) in [7, 11) is 0. The Labute approximate surface area is 178 Å². The van der Waals surface area contributed by atoms with Crippen LogP contribution in [0.25, 0.3) is 5.82 Å². The first-order valence-electron chi connectivity index (χ1n) is 5.69. The first kappa shape index (κ1) is 27.3. The van der Waals surface area contributed by atoms with Crippen LogP contribution in [0.5, 0.6) is 0 Å². The Bertz CT molecular complexity index is 596. The van der Waals surface area contributed by atoms with Crippen molar-refractivity contribution in [2.75, 3.05) is 0 Å². The number of ether oxygens (including phenoxy) is 1. The Hall–Kier alpha value is -0.503. The van der Waals surface area contributed by atoms with E-state index in [0.29, 0.717) is 5.82 Å². The number of pyridine rings is 1. The van der Waals surface area contributed by atoms with Gasteiger partial charge in [0.1, 0.15) is 16.6 Å². The van der Waals surface area contributed by atoms with Crippen LogP contribution in [-0.2, 0) is 4.74 Å². The molecule has 0 aliphatic carbocycles. The first-order valence-corrected chi connectivity index (χ1v) is 6.06. The van der Waals surface area contributed by atoms with E-state index in [1.807, 2.05) is 0 Å². The third kappa shape index (κ3) is 7.74. The van der Waals surface area contributed by atoms with Crippen LogP contribution in [0, 0.1) is 70.2 Å². The average Bonchev–Trinajstić information content (AvgIpc) is 2.79. The normalized spacial score (nSPS) is 9.39. The van der Waals surface area contributed by atoms with Gasteiger partial charge in [0.2, 0.25) is 0 Å². The smallest absolute Gasteiger partial charge is 0.456 e. The molecular weight excluding hydrogens is 442 g/mol. The third-order valence-corrected chi connectivity index (χ3v) is 2.43. The maximum absolute atomic E-state index is 11.9. The second-order valence-electron chi connectivity index (χ2n) is 4.90. The third-order valence-electron chi connectivity index (χ3n) is 2.14. The molecule has 0 bridgehead atoms. The summed E-state index contributed by atoms with van der Waals surface area (Å²) in [4.78, 5) is 16.0. The van der Waals surface area contributed by atoms with Gasteiger partial charge in [0.25, 0.3) is 0 Å². The van der Waals surface area contributed by atoms with Crippen molar-refractivity contribution >= 4 is 17.6 Å². The van der Waals surface area contributed by atoms with Gasteiger partial charge in [0, 0.05) is 0 Å². The zero-order chi connectivity index (χ0) is 14.0.